The van der Waals surface area contributed by atoms with E-state index in [9.17, 15) is 19.2 Å². The first-order valence-corrected chi connectivity index (χ1v) is 10.7. The van der Waals surface area contributed by atoms with E-state index in [0.29, 0.717) is 6.54 Å². The fourth-order valence-corrected chi connectivity index (χ4v) is 3.23. The smallest absolute Gasteiger partial charge is 0.407 e. The zero-order chi connectivity index (χ0) is 24.6. The molecule has 0 bridgehead atoms. The third-order valence-corrected chi connectivity index (χ3v) is 4.68. The number of nitrogens with one attached hydrogen (secondary N) is 3. The van der Waals surface area contributed by atoms with E-state index >= 15 is 0 Å². The van der Waals surface area contributed by atoms with Crippen molar-refractivity contribution in [3.8, 4) is 0 Å². The lowest BCUT2D eigenvalue weighted by Crippen LogP contribution is -2.47. The standard InChI is InChI=1S/C24H31N3O6/c1-15(22(31)25-14-17-10-7-9-16-8-5-6-11-19(16)17)26-20(28)12-18(13-21(29)30)27-23(32)33-24(2,3)4/h5-11,15,18H,12-14H2,1-4H3,(H,25,31)(H,26,28)(H,27,32)(H,29,30). The topological polar surface area (TPSA) is 134 Å². The maximum Gasteiger partial charge on any atom is 0.407 e. The highest BCUT2D eigenvalue weighted by atomic mass is 16.6. The van der Waals surface area contributed by atoms with Gasteiger partial charge in [0.05, 0.1) is 12.5 Å². The molecular weight excluding hydrogens is 426 g/mol. The molecule has 178 valence electrons. The van der Waals surface area contributed by atoms with Crippen LogP contribution in [0.3, 0.4) is 0 Å². The van der Waals surface area contributed by atoms with E-state index in [4.69, 9.17) is 9.84 Å². The molecule has 2 atom stereocenters. The van der Waals surface area contributed by atoms with E-state index < -0.39 is 42.1 Å². The van der Waals surface area contributed by atoms with Gasteiger partial charge >= 0.3 is 12.1 Å². The lowest BCUT2D eigenvalue weighted by atomic mass is 10.0. The number of aliphatic carboxylic acids is 1. The largest absolute Gasteiger partial charge is 0.481 e. The summed E-state index contributed by atoms with van der Waals surface area (Å²) in [6, 6.07) is 11.8. The first-order valence-electron chi connectivity index (χ1n) is 10.7. The number of carboxylic acids is 1. The number of amides is 3. The summed E-state index contributed by atoms with van der Waals surface area (Å²) >= 11 is 0. The predicted octanol–water partition coefficient (Wildman–Crippen LogP) is 2.72. The van der Waals surface area contributed by atoms with Crippen molar-refractivity contribution in [1.29, 1.82) is 0 Å². The van der Waals surface area contributed by atoms with Gasteiger partial charge in [0.25, 0.3) is 0 Å². The van der Waals surface area contributed by atoms with Crippen LogP contribution < -0.4 is 16.0 Å². The Bertz CT molecular complexity index is 1010. The number of carbonyl (C=O) groups excluding carboxylic acids is 3. The Morgan fingerprint density at radius 2 is 1.64 bits per heavy atom. The van der Waals surface area contributed by atoms with Crippen LogP contribution in [0.25, 0.3) is 10.8 Å². The molecule has 0 aromatic heterocycles. The lowest BCUT2D eigenvalue weighted by Gasteiger charge is -2.23. The van der Waals surface area contributed by atoms with Crippen LogP contribution in [0, 0.1) is 0 Å². The number of ether oxygens (including phenoxy) is 1. The maximum atomic E-state index is 12.5. The summed E-state index contributed by atoms with van der Waals surface area (Å²) in [4.78, 5) is 47.9. The van der Waals surface area contributed by atoms with Gasteiger partial charge in [0, 0.05) is 13.0 Å². The molecule has 2 unspecified atom stereocenters. The Morgan fingerprint density at radius 3 is 2.30 bits per heavy atom. The number of hydrogen-bond donors (Lipinski definition) is 4. The molecule has 2 aromatic rings. The minimum Gasteiger partial charge on any atom is -0.481 e. The van der Waals surface area contributed by atoms with E-state index in [-0.39, 0.29) is 12.3 Å². The third kappa shape index (κ3) is 8.80. The number of hydrogen-bond acceptors (Lipinski definition) is 5. The molecule has 0 aliphatic rings. The van der Waals surface area contributed by atoms with Crippen LogP contribution in [-0.4, -0.2) is 46.7 Å². The molecule has 0 saturated heterocycles. The van der Waals surface area contributed by atoms with Gasteiger partial charge in [0.15, 0.2) is 0 Å². The van der Waals surface area contributed by atoms with Crippen LogP contribution >= 0.6 is 0 Å². The van der Waals surface area contributed by atoms with Crippen LogP contribution in [0.1, 0.15) is 46.1 Å². The first-order chi connectivity index (χ1) is 15.4. The van der Waals surface area contributed by atoms with Gasteiger partial charge in [-0.1, -0.05) is 42.5 Å². The number of carbonyl (C=O) groups is 4. The molecule has 33 heavy (non-hydrogen) atoms. The van der Waals surface area contributed by atoms with Crippen LogP contribution in [0.15, 0.2) is 42.5 Å². The SMILES string of the molecule is CC(NC(=O)CC(CC(=O)O)NC(=O)OC(C)(C)C)C(=O)NCc1cccc2ccccc12. The molecule has 9 nitrogen and oxygen atoms in total. The molecule has 2 rings (SSSR count). The Kier molecular flexibility index (Phi) is 8.78. The van der Waals surface area contributed by atoms with Gasteiger partial charge in [-0.15, -0.1) is 0 Å². The zero-order valence-electron chi connectivity index (χ0n) is 19.3. The van der Waals surface area contributed by atoms with E-state index in [1.807, 2.05) is 42.5 Å². The van der Waals surface area contributed by atoms with Gasteiger partial charge in [0.1, 0.15) is 11.6 Å². The van der Waals surface area contributed by atoms with E-state index in [0.717, 1.165) is 16.3 Å². The molecule has 0 heterocycles. The second kappa shape index (κ2) is 11.3. The summed E-state index contributed by atoms with van der Waals surface area (Å²) in [5.74, 6) is -2.12. The second-order valence-corrected chi connectivity index (χ2v) is 8.79. The molecule has 0 aliphatic carbocycles. The van der Waals surface area contributed by atoms with Crippen LogP contribution in [0.2, 0.25) is 0 Å². The average molecular weight is 458 g/mol. The zero-order valence-corrected chi connectivity index (χ0v) is 19.3. The number of alkyl carbamates (subject to hydrolysis) is 1. The van der Waals surface area contributed by atoms with Gasteiger partial charge < -0.3 is 25.8 Å². The Morgan fingerprint density at radius 1 is 0.970 bits per heavy atom. The summed E-state index contributed by atoms with van der Waals surface area (Å²) in [6.07, 6.45) is -1.59. The average Bonchev–Trinajstić information content (AvgIpc) is 2.69. The summed E-state index contributed by atoms with van der Waals surface area (Å²) in [5, 5.41) is 18.9. The second-order valence-electron chi connectivity index (χ2n) is 8.79. The molecule has 3 amide bonds. The summed E-state index contributed by atoms with van der Waals surface area (Å²) < 4.78 is 5.12. The van der Waals surface area contributed by atoms with Crippen LogP contribution in [-0.2, 0) is 25.7 Å². The minimum absolute atomic E-state index is 0.294. The first kappa shape index (κ1) is 25.6. The molecule has 0 aliphatic heterocycles. The Hall–Kier alpha value is -3.62. The van der Waals surface area contributed by atoms with Crippen LogP contribution in [0.5, 0.6) is 0 Å². The number of rotatable bonds is 9. The molecule has 0 radical (unpaired) electrons. The number of benzene rings is 2. The van der Waals surface area contributed by atoms with Gasteiger partial charge in [-0.05, 0) is 44.0 Å². The predicted molar refractivity (Wildman–Crippen MR) is 123 cm³/mol. The normalized spacial score (nSPS) is 13.0. The molecule has 0 spiro atoms. The van der Waals surface area contributed by atoms with Gasteiger partial charge in [0.2, 0.25) is 11.8 Å². The summed E-state index contributed by atoms with van der Waals surface area (Å²) in [5.41, 5.74) is 0.180. The molecular formula is C24H31N3O6. The van der Waals surface area contributed by atoms with Crippen LogP contribution in [0.4, 0.5) is 4.79 Å². The Labute approximate surface area is 192 Å². The van der Waals surface area contributed by atoms with Crippen molar-refractivity contribution in [2.24, 2.45) is 0 Å². The Balaban J connectivity index is 1.90. The molecule has 9 heteroatoms. The van der Waals surface area contributed by atoms with Gasteiger partial charge in [-0.3, -0.25) is 14.4 Å². The van der Waals surface area contributed by atoms with E-state index in [1.54, 1.807) is 20.8 Å². The quantitative estimate of drug-likeness (QED) is 0.457. The van der Waals surface area contributed by atoms with Crippen molar-refractivity contribution < 1.29 is 29.0 Å². The van der Waals surface area contributed by atoms with E-state index in [2.05, 4.69) is 16.0 Å². The van der Waals surface area contributed by atoms with Crippen molar-refractivity contribution in [3.05, 3.63) is 48.0 Å². The fraction of sp³-hybridized carbons (Fsp3) is 0.417. The van der Waals surface area contributed by atoms with Crippen molar-refractivity contribution in [1.82, 2.24) is 16.0 Å². The molecule has 0 fully saturated rings. The molecule has 4 N–H and O–H groups in total. The van der Waals surface area contributed by atoms with Crippen molar-refractivity contribution in [2.75, 3.05) is 0 Å². The highest BCUT2D eigenvalue weighted by Crippen LogP contribution is 2.18. The molecule has 2 aromatic carbocycles. The highest BCUT2D eigenvalue weighted by Gasteiger charge is 2.24. The van der Waals surface area contributed by atoms with Crippen molar-refractivity contribution in [2.45, 2.75) is 64.8 Å². The highest BCUT2D eigenvalue weighted by molar-refractivity contribution is 5.89. The third-order valence-electron chi connectivity index (χ3n) is 4.68. The summed E-state index contributed by atoms with van der Waals surface area (Å²) in [7, 11) is 0. The van der Waals surface area contributed by atoms with Gasteiger partial charge in [-0.25, -0.2) is 4.79 Å². The lowest BCUT2D eigenvalue weighted by molar-refractivity contribution is -0.137. The minimum atomic E-state index is -1.18. The number of carboxylic acid groups (broad SMARTS) is 1. The molecule has 0 saturated carbocycles. The summed E-state index contributed by atoms with van der Waals surface area (Å²) in [6.45, 7) is 6.84. The van der Waals surface area contributed by atoms with Crippen molar-refractivity contribution >= 4 is 34.6 Å². The maximum absolute atomic E-state index is 12.5. The number of fused-ring (bicyclic) bond motifs is 1. The van der Waals surface area contributed by atoms with E-state index in [1.165, 1.54) is 6.92 Å². The monoisotopic (exact) mass is 457 g/mol. The fourth-order valence-electron chi connectivity index (χ4n) is 3.23. The van der Waals surface area contributed by atoms with Gasteiger partial charge in [-0.2, -0.15) is 0 Å². The van der Waals surface area contributed by atoms with Crippen molar-refractivity contribution in [3.63, 3.8) is 0 Å².